The summed E-state index contributed by atoms with van der Waals surface area (Å²) in [5.74, 6) is 0. The minimum Gasteiger partial charge on any atom is -0.388 e. The lowest BCUT2D eigenvalue weighted by molar-refractivity contribution is 0.0349. The topological polar surface area (TPSA) is 77.2 Å². The molecular weight excluding hydrogens is 266 g/mol. The predicted molar refractivity (Wildman–Crippen MR) is 84.1 cm³/mol. The normalized spacial score (nSPS) is 11.6. The number of hydrogen-bond donors (Lipinski definition) is 4. The van der Waals surface area contributed by atoms with Crippen molar-refractivity contribution < 1.29 is 9.90 Å². The predicted octanol–water partition coefficient (Wildman–Crippen LogP) is 2.52. The Morgan fingerprint density at radius 1 is 1.24 bits per heavy atom. The SMILES string of the molecule is CCC(O)(CC)CNC(=O)NCc1cc2ccccc2[nH]1. The molecule has 0 aliphatic rings. The molecule has 21 heavy (non-hydrogen) atoms. The number of H-pyrrole nitrogens is 1. The van der Waals surface area contributed by atoms with Crippen molar-refractivity contribution in [2.24, 2.45) is 0 Å². The molecule has 1 aromatic heterocycles. The molecule has 0 saturated heterocycles. The largest absolute Gasteiger partial charge is 0.388 e. The van der Waals surface area contributed by atoms with Crippen LogP contribution in [0.5, 0.6) is 0 Å². The zero-order valence-corrected chi connectivity index (χ0v) is 12.6. The van der Waals surface area contributed by atoms with Crippen molar-refractivity contribution in [2.75, 3.05) is 6.54 Å². The number of rotatable bonds is 6. The van der Waals surface area contributed by atoms with Gasteiger partial charge in [0.05, 0.1) is 12.1 Å². The second-order valence-corrected chi connectivity index (χ2v) is 5.35. The molecule has 0 radical (unpaired) electrons. The number of benzene rings is 1. The molecule has 0 aliphatic carbocycles. The van der Waals surface area contributed by atoms with Gasteiger partial charge in [-0.05, 0) is 30.4 Å². The van der Waals surface area contributed by atoms with E-state index < -0.39 is 5.60 Å². The van der Waals surface area contributed by atoms with Crippen molar-refractivity contribution in [1.82, 2.24) is 15.6 Å². The Balaban J connectivity index is 1.83. The van der Waals surface area contributed by atoms with Crippen molar-refractivity contribution in [3.05, 3.63) is 36.0 Å². The van der Waals surface area contributed by atoms with Crippen molar-refractivity contribution >= 4 is 16.9 Å². The maximum atomic E-state index is 11.8. The molecule has 5 nitrogen and oxygen atoms in total. The third kappa shape index (κ3) is 3.98. The lowest BCUT2D eigenvalue weighted by Gasteiger charge is -2.25. The second kappa shape index (κ2) is 6.63. The molecule has 1 heterocycles. The third-order valence-electron chi connectivity index (χ3n) is 3.92. The molecule has 0 unspecified atom stereocenters. The molecule has 2 rings (SSSR count). The maximum Gasteiger partial charge on any atom is 0.315 e. The van der Waals surface area contributed by atoms with Crippen molar-refractivity contribution in [2.45, 2.75) is 38.8 Å². The fourth-order valence-electron chi connectivity index (χ4n) is 2.21. The number of urea groups is 1. The Bertz CT molecular complexity index is 569. The summed E-state index contributed by atoms with van der Waals surface area (Å²) in [6.45, 7) is 4.51. The highest BCUT2D eigenvalue weighted by Crippen LogP contribution is 2.14. The van der Waals surface area contributed by atoms with Crippen LogP contribution in [0, 0.1) is 0 Å². The van der Waals surface area contributed by atoms with Gasteiger partial charge in [-0.25, -0.2) is 4.79 Å². The molecule has 0 spiro atoms. The number of carbonyl (C=O) groups excluding carboxylic acids is 1. The summed E-state index contributed by atoms with van der Waals surface area (Å²) in [7, 11) is 0. The lowest BCUT2D eigenvalue weighted by Crippen LogP contribution is -2.45. The van der Waals surface area contributed by atoms with Crippen LogP contribution < -0.4 is 10.6 Å². The summed E-state index contributed by atoms with van der Waals surface area (Å²) in [6, 6.07) is 9.73. The molecule has 0 saturated carbocycles. The van der Waals surface area contributed by atoms with E-state index in [2.05, 4.69) is 15.6 Å². The molecule has 4 N–H and O–H groups in total. The van der Waals surface area contributed by atoms with E-state index in [1.165, 1.54) is 0 Å². The van der Waals surface area contributed by atoms with Gasteiger partial charge in [0.15, 0.2) is 0 Å². The first-order valence-corrected chi connectivity index (χ1v) is 7.37. The lowest BCUT2D eigenvalue weighted by atomic mass is 9.98. The standard InChI is InChI=1S/C16H23N3O2/c1-3-16(21,4-2)11-18-15(20)17-10-13-9-12-7-5-6-8-14(12)19-13/h5-9,19,21H,3-4,10-11H2,1-2H3,(H2,17,18,20). The van der Waals surface area contributed by atoms with Crippen molar-refractivity contribution in [3.63, 3.8) is 0 Å². The Kier molecular flexibility index (Phi) is 4.85. The smallest absolute Gasteiger partial charge is 0.315 e. The number of hydrogen-bond acceptors (Lipinski definition) is 2. The van der Waals surface area contributed by atoms with Crippen LogP contribution in [-0.2, 0) is 6.54 Å². The van der Waals surface area contributed by atoms with Gasteiger partial charge >= 0.3 is 6.03 Å². The third-order valence-corrected chi connectivity index (χ3v) is 3.92. The summed E-state index contributed by atoms with van der Waals surface area (Å²) >= 11 is 0. The zero-order chi connectivity index (χ0) is 15.3. The highest BCUT2D eigenvalue weighted by Gasteiger charge is 2.22. The average molecular weight is 289 g/mol. The van der Waals surface area contributed by atoms with E-state index in [0.717, 1.165) is 16.6 Å². The van der Waals surface area contributed by atoms with E-state index in [4.69, 9.17) is 0 Å². The van der Waals surface area contributed by atoms with Crippen molar-refractivity contribution in [1.29, 1.82) is 0 Å². The first-order valence-electron chi connectivity index (χ1n) is 7.37. The number of fused-ring (bicyclic) bond motifs is 1. The molecule has 0 aliphatic heterocycles. The van der Waals surface area contributed by atoms with Gasteiger partial charge in [0, 0.05) is 17.8 Å². The molecule has 0 atom stereocenters. The molecule has 0 fully saturated rings. The van der Waals surface area contributed by atoms with E-state index in [1.54, 1.807) is 0 Å². The Labute approximate surface area is 124 Å². The van der Waals surface area contributed by atoms with E-state index in [0.29, 0.717) is 19.4 Å². The maximum absolute atomic E-state index is 11.8. The van der Waals surface area contributed by atoms with Gasteiger partial charge in [-0.1, -0.05) is 32.0 Å². The summed E-state index contributed by atoms with van der Waals surface area (Å²) in [6.07, 6.45) is 1.23. The number of para-hydroxylation sites is 1. The highest BCUT2D eigenvalue weighted by molar-refractivity contribution is 5.80. The molecule has 1 aromatic carbocycles. The number of carbonyl (C=O) groups is 1. The number of aromatic nitrogens is 1. The van der Waals surface area contributed by atoms with Gasteiger partial charge in [0.25, 0.3) is 0 Å². The molecule has 2 amide bonds. The monoisotopic (exact) mass is 289 g/mol. The van der Waals surface area contributed by atoms with Crippen LogP contribution in [0.15, 0.2) is 30.3 Å². The van der Waals surface area contributed by atoms with Crippen LogP contribution in [0.2, 0.25) is 0 Å². The van der Waals surface area contributed by atoms with Crippen LogP contribution in [0.3, 0.4) is 0 Å². The molecule has 5 heteroatoms. The number of nitrogens with one attached hydrogen (secondary N) is 3. The fourth-order valence-corrected chi connectivity index (χ4v) is 2.21. The van der Waals surface area contributed by atoms with E-state index in [-0.39, 0.29) is 12.6 Å². The van der Waals surface area contributed by atoms with Crippen LogP contribution in [0.25, 0.3) is 10.9 Å². The number of amides is 2. The van der Waals surface area contributed by atoms with Gasteiger partial charge in [-0.3, -0.25) is 0 Å². The van der Waals surface area contributed by atoms with Crippen LogP contribution in [0.1, 0.15) is 32.4 Å². The first-order chi connectivity index (χ1) is 10.1. The molecule has 114 valence electrons. The second-order valence-electron chi connectivity index (χ2n) is 5.35. The van der Waals surface area contributed by atoms with E-state index in [1.807, 2.05) is 44.2 Å². The summed E-state index contributed by atoms with van der Waals surface area (Å²) in [5, 5.41) is 16.7. The Hall–Kier alpha value is -2.01. The van der Waals surface area contributed by atoms with Gasteiger partial charge in [0.1, 0.15) is 0 Å². The van der Waals surface area contributed by atoms with E-state index >= 15 is 0 Å². The minimum absolute atomic E-state index is 0.262. The Morgan fingerprint density at radius 3 is 2.62 bits per heavy atom. The number of aliphatic hydroxyl groups is 1. The minimum atomic E-state index is -0.821. The van der Waals surface area contributed by atoms with Gasteiger partial charge in [0.2, 0.25) is 0 Å². The van der Waals surface area contributed by atoms with Crippen LogP contribution >= 0.6 is 0 Å². The summed E-state index contributed by atoms with van der Waals surface area (Å²) in [5.41, 5.74) is 1.19. The van der Waals surface area contributed by atoms with Crippen LogP contribution in [-0.4, -0.2) is 28.3 Å². The van der Waals surface area contributed by atoms with Gasteiger partial charge in [-0.15, -0.1) is 0 Å². The summed E-state index contributed by atoms with van der Waals surface area (Å²) in [4.78, 5) is 15.0. The van der Waals surface area contributed by atoms with Gasteiger partial charge < -0.3 is 20.7 Å². The van der Waals surface area contributed by atoms with Crippen molar-refractivity contribution in [3.8, 4) is 0 Å². The molecular formula is C16H23N3O2. The summed E-state index contributed by atoms with van der Waals surface area (Å²) < 4.78 is 0. The van der Waals surface area contributed by atoms with E-state index in [9.17, 15) is 9.90 Å². The molecule has 0 bridgehead atoms. The fraction of sp³-hybridized carbons (Fsp3) is 0.438. The quantitative estimate of drug-likeness (QED) is 0.659. The molecule has 2 aromatic rings. The Morgan fingerprint density at radius 2 is 1.95 bits per heavy atom. The zero-order valence-electron chi connectivity index (χ0n) is 12.6. The van der Waals surface area contributed by atoms with Gasteiger partial charge in [-0.2, -0.15) is 0 Å². The number of aromatic amines is 1. The average Bonchev–Trinajstić information content (AvgIpc) is 2.93. The van der Waals surface area contributed by atoms with Crippen LogP contribution in [0.4, 0.5) is 4.79 Å². The highest BCUT2D eigenvalue weighted by atomic mass is 16.3. The first kappa shape index (κ1) is 15.4.